The van der Waals surface area contributed by atoms with Gasteiger partial charge in [-0.05, 0) is 19.1 Å². The zero-order chi connectivity index (χ0) is 9.84. The number of halogens is 1. The van der Waals surface area contributed by atoms with Gasteiger partial charge >= 0.3 is 0 Å². The molecule has 1 rings (SSSR count). The van der Waals surface area contributed by atoms with E-state index in [1.807, 2.05) is 6.07 Å². The number of hydrogen-bond acceptors (Lipinski definition) is 2. The summed E-state index contributed by atoms with van der Waals surface area (Å²) in [4.78, 5) is 0.526. The lowest BCUT2D eigenvalue weighted by atomic mass is 10.4. The maximum absolute atomic E-state index is 11.6. The molecule has 0 heterocycles. The molecule has 68 valence electrons. The first-order valence-corrected chi connectivity index (χ1v) is 5.30. The fourth-order valence-corrected chi connectivity index (χ4v) is 2.16. The van der Waals surface area contributed by atoms with Gasteiger partial charge in [0.1, 0.15) is 5.25 Å². The minimum absolute atomic E-state index is 0.447. The molecule has 4 heteroatoms. The molecular weight excluding hydrogens is 206 g/mol. The molecule has 1 aromatic rings. The number of nitriles is 1. The van der Waals surface area contributed by atoms with Gasteiger partial charge in [-0.1, -0.05) is 23.7 Å². The van der Waals surface area contributed by atoms with Crippen LogP contribution in [0.4, 0.5) is 0 Å². The Bertz CT molecular complexity index is 372. The predicted octanol–water partition coefficient (Wildman–Crippen LogP) is 2.36. The second kappa shape index (κ2) is 4.40. The lowest BCUT2D eigenvalue weighted by Crippen LogP contribution is -2.08. The largest absolute Gasteiger partial charge is 0.253 e. The number of benzene rings is 1. The topological polar surface area (TPSA) is 40.9 Å². The highest BCUT2D eigenvalue weighted by Crippen LogP contribution is 2.20. The Labute approximate surface area is 84.6 Å². The summed E-state index contributed by atoms with van der Waals surface area (Å²) in [5.74, 6) is 0. The van der Waals surface area contributed by atoms with Gasteiger partial charge in [-0.25, -0.2) is 0 Å². The van der Waals surface area contributed by atoms with E-state index in [-0.39, 0.29) is 0 Å². The molecule has 0 N–H and O–H groups in total. The third-order valence-electron chi connectivity index (χ3n) is 1.56. The monoisotopic (exact) mass is 213 g/mol. The van der Waals surface area contributed by atoms with E-state index < -0.39 is 16.0 Å². The van der Waals surface area contributed by atoms with Crippen LogP contribution in [0.2, 0.25) is 5.02 Å². The summed E-state index contributed by atoms with van der Waals surface area (Å²) >= 11 is 5.82. The van der Waals surface area contributed by atoms with E-state index >= 15 is 0 Å². The molecule has 0 aliphatic heterocycles. The third kappa shape index (κ3) is 2.30. The van der Waals surface area contributed by atoms with Crippen molar-refractivity contribution in [2.75, 3.05) is 0 Å². The van der Waals surface area contributed by atoms with Crippen molar-refractivity contribution >= 4 is 22.4 Å². The average Bonchev–Trinajstić information content (AvgIpc) is 2.16. The maximum Gasteiger partial charge on any atom is 0.123 e. The lowest BCUT2D eigenvalue weighted by Gasteiger charge is -2.04. The summed E-state index contributed by atoms with van der Waals surface area (Å²) in [5.41, 5.74) is 0. The van der Waals surface area contributed by atoms with Crippen LogP contribution in [0, 0.1) is 11.3 Å². The van der Waals surface area contributed by atoms with E-state index in [0.29, 0.717) is 9.92 Å². The number of hydrogen-bond donors (Lipinski definition) is 0. The fourth-order valence-electron chi connectivity index (χ4n) is 0.846. The molecule has 0 saturated carbocycles. The third-order valence-corrected chi connectivity index (χ3v) is 3.54. The van der Waals surface area contributed by atoms with Gasteiger partial charge in [-0.3, -0.25) is 4.21 Å². The van der Waals surface area contributed by atoms with E-state index in [9.17, 15) is 4.21 Å². The van der Waals surface area contributed by atoms with Gasteiger partial charge in [0.05, 0.1) is 26.8 Å². The van der Waals surface area contributed by atoms with Crippen LogP contribution in [0.15, 0.2) is 29.2 Å². The smallest absolute Gasteiger partial charge is 0.123 e. The molecule has 0 radical (unpaired) electrons. The van der Waals surface area contributed by atoms with Crippen LogP contribution in [0.5, 0.6) is 0 Å². The molecule has 2 unspecified atom stereocenters. The minimum atomic E-state index is -1.33. The molecule has 13 heavy (non-hydrogen) atoms. The molecule has 2 nitrogen and oxygen atoms in total. The first kappa shape index (κ1) is 10.2. The Hall–Kier alpha value is -0.850. The molecule has 0 saturated heterocycles. The Balaban J connectivity index is 3.04. The summed E-state index contributed by atoms with van der Waals surface area (Å²) < 4.78 is 11.6. The van der Waals surface area contributed by atoms with Crippen molar-refractivity contribution in [1.82, 2.24) is 0 Å². The van der Waals surface area contributed by atoms with Crippen LogP contribution in [0.3, 0.4) is 0 Å². The predicted molar refractivity (Wildman–Crippen MR) is 52.9 cm³/mol. The van der Waals surface area contributed by atoms with Crippen molar-refractivity contribution in [3.05, 3.63) is 29.3 Å². The zero-order valence-corrected chi connectivity index (χ0v) is 8.60. The standard InChI is InChI=1S/C9H8ClNOS/c1-7(6-11)13(12)9-5-3-2-4-8(9)10/h2-5,7H,1H3. The summed E-state index contributed by atoms with van der Waals surface area (Å²) in [7, 11) is -1.33. The van der Waals surface area contributed by atoms with E-state index in [1.54, 1.807) is 31.2 Å². The first-order valence-electron chi connectivity index (χ1n) is 3.71. The Morgan fingerprint density at radius 1 is 1.54 bits per heavy atom. The molecule has 0 amide bonds. The van der Waals surface area contributed by atoms with Crippen molar-refractivity contribution in [3.63, 3.8) is 0 Å². The Morgan fingerprint density at radius 2 is 2.15 bits per heavy atom. The van der Waals surface area contributed by atoms with Gasteiger partial charge in [-0.2, -0.15) is 5.26 Å². The van der Waals surface area contributed by atoms with Crippen LogP contribution in [-0.4, -0.2) is 9.46 Å². The molecule has 0 bridgehead atoms. The first-order chi connectivity index (χ1) is 6.16. The van der Waals surface area contributed by atoms with Gasteiger partial charge in [-0.15, -0.1) is 0 Å². The van der Waals surface area contributed by atoms with Crippen LogP contribution >= 0.6 is 11.6 Å². The highest BCUT2D eigenvalue weighted by molar-refractivity contribution is 7.86. The molecule has 1 aromatic carbocycles. The summed E-state index contributed by atoms with van der Waals surface area (Å²) in [6, 6.07) is 8.79. The normalized spacial score (nSPS) is 14.5. The Morgan fingerprint density at radius 3 is 2.69 bits per heavy atom. The second-order valence-electron chi connectivity index (χ2n) is 2.50. The Kier molecular flexibility index (Phi) is 3.47. The zero-order valence-electron chi connectivity index (χ0n) is 7.03. The van der Waals surface area contributed by atoms with Crippen molar-refractivity contribution in [2.24, 2.45) is 0 Å². The number of nitrogens with zero attached hydrogens (tertiary/aromatic N) is 1. The summed E-state index contributed by atoms with van der Waals surface area (Å²) in [5, 5.41) is 8.49. The lowest BCUT2D eigenvalue weighted by molar-refractivity contribution is 0.680. The van der Waals surface area contributed by atoms with Crippen LogP contribution in [-0.2, 0) is 10.8 Å². The van der Waals surface area contributed by atoms with Crippen molar-refractivity contribution < 1.29 is 4.21 Å². The second-order valence-corrected chi connectivity index (χ2v) is 4.65. The van der Waals surface area contributed by atoms with Gasteiger partial charge < -0.3 is 0 Å². The molecule has 2 atom stereocenters. The van der Waals surface area contributed by atoms with E-state index in [0.717, 1.165) is 0 Å². The van der Waals surface area contributed by atoms with Gasteiger partial charge in [0.25, 0.3) is 0 Å². The van der Waals surface area contributed by atoms with Crippen molar-refractivity contribution in [3.8, 4) is 6.07 Å². The fraction of sp³-hybridized carbons (Fsp3) is 0.222. The molecule has 0 aliphatic carbocycles. The van der Waals surface area contributed by atoms with E-state index in [2.05, 4.69) is 0 Å². The van der Waals surface area contributed by atoms with Gasteiger partial charge in [0.2, 0.25) is 0 Å². The summed E-state index contributed by atoms with van der Waals surface area (Å²) in [6.45, 7) is 1.61. The van der Waals surface area contributed by atoms with Crippen molar-refractivity contribution in [1.29, 1.82) is 5.26 Å². The molecule has 0 fully saturated rings. The minimum Gasteiger partial charge on any atom is -0.253 e. The van der Waals surface area contributed by atoms with E-state index in [4.69, 9.17) is 16.9 Å². The molecule has 0 spiro atoms. The molecule has 0 aromatic heterocycles. The average molecular weight is 214 g/mol. The van der Waals surface area contributed by atoms with Crippen LogP contribution in [0.1, 0.15) is 6.92 Å². The molecular formula is C9H8ClNOS. The van der Waals surface area contributed by atoms with Crippen LogP contribution in [0.25, 0.3) is 0 Å². The quantitative estimate of drug-likeness (QED) is 0.757. The van der Waals surface area contributed by atoms with Crippen molar-refractivity contribution in [2.45, 2.75) is 17.1 Å². The van der Waals surface area contributed by atoms with Gasteiger partial charge in [0.15, 0.2) is 0 Å². The van der Waals surface area contributed by atoms with E-state index in [1.165, 1.54) is 0 Å². The van der Waals surface area contributed by atoms with Gasteiger partial charge in [0, 0.05) is 0 Å². The molecule has 0 aliphatic rings. The maximum atomic E-state index is 11.6. The summed E-state index contributed by atoms with van der Waals surface area (Å²) in [6.07, 6.45) is 0. The highest BCUT2D eigenvalue weighted by atomic mass is 35.5. The van der Waals surface area contributed by atoms with Crippen LogP contribution < -0.4 is 0 Å². The number of rotatable bonds is 2. The SMILES string of the molecule is CC(C#N)S(=O)c1ccccc1Cl. The highest BCUT2D eigenvalue weighted by Gasteiger charge is 2.14.